The van der Waals surface area contributed by atoms with Gasteiger partial charge in [0, 0.05) is 23.3 Å². The third-order valence-electron chi connectivity index (χ3n) is 5.72. The van der Waals surface area contributed by atoms with Crippen LogP contribution in [0.15, 0.2) is 41.5 Å². The minimum Gasteiger partial charge on any atom is -0.508 e. The Balaban J connectivity index is 1.83. The number of rotatable bonds is 5. The van der Waals surface area contributed by atoms with Crippen molar-refractivity contribution in [2.75, 3.05) is 11.4 Å². The molecule has 0 bridgehead atoms. The Morgan fingerprint density at radius 3 is 2.66 bits per heavy atom. The van der Waals surface area contributed by atoms with Crippen LogP contribution in [0.5, 0.6) is 5.75 Å². The number of hydrogen-bond acceptors (Lipinski definition) is 4. The van der Waals surface area contributed by atoms with Gasteiger partial charge in [0.2, 0.25) is 0 Å². The number of hydrazone groups is 1. The zero-order valence-electron chi connectivity index (χ0n) is 18.0. The molecule has 0 spiro atoms. The van der Waals surface area contributed by atoms with Crippen LogP contribution < -0.4 is 10.3 Å². The summed E-state index contributed by atoms with van der Waals surface area (Å²) in [5.41, 5.74) is 7.97. The molecule has 0 saturated heterocycles. The van der Waals surface area contributed by atoms with Crippen LogP contribution >= 0.6 is 0 Å². The standard InChI is InChI=1S/C24H31N3O2/c1-6-11-27-22-12-16(2)19(13-21(22)17(3)14-24(27,4)5)15-25-26-23(29)18-7-9-20(28)10-8-18/h7-10,12-13,15,17,28H,6,11,14H2,1-5H3,(H,26,29)/b25-15-. The van der Waals surface area contributed by atoms with Crippen molar-refractivity contribution in [3.05, 3.63) is 58.7 Å². The lowest BCUT2D eigenvalue weighted by molar-refractivity contribution is 0.0955. The second kappa shape index (κ2) is 8.27. The molecule has 29 heavy (non-hydrogen) atoms. The van der Waals surface area contributed by atoms with Gasteiger partial charge in [0.15, 0.2) is 0 Å². The molecule has 5 nitrogen and oxygen atoms in total. The van der Waals surface area contributed by atoms with Gasteiger partial charge in [-0.2, -0.15) is 5.10 Å². The fraction of sp³-hybridized carbons (Fsp3) is 0.417. The number of hydrogen-bond donors (Lipinski definition) is 2. The molecule has 1 atom stereocenters. The van der Waals surface area contributed by atoms with Crippen LogP contribution in [0, 0.1) is 6.92 Å². The SMILES string of the molecule is CCCN1c2cc(C)c(/C=N\NC(=O)c3ccc(O)cc3)cc2C(C)CC1(C)C. The molecule has 1 aliphatic rings. The fourth-order valence-electron chi connectivity index (χ4n) is 4.27. The number of carbonyl (C=O) groups is 1. The molecule has 0 aromatic heterocycles. The van der Waals surface area contributed by atoms with E-state index in [1.54, 1.807) is 18.3 Å². The molecule has 0 fully saturated rings. The lowest BCUT2D eigenvalue weighted by Gasteiger charge is -2.48. The van der Waals surface area contributed by atoms with E-state index in [2.05, 4.69) is 62.2 Å². The summed E-state index contributed by atoms with van der Waals surface area (Å²) >= 11 is 0. The summed E-state index contributed by atoms with van der Waals surface area (Å²) in [5.74, 6) is 0.290. The number of nitrogens with zero attached hydrogens (tertiary/aromatic N) is 2. The molecule has 5 heteroatoms. The maximum atomic E-state index is 12.2. The Morgan fingerprint density at radius 2 is 2.00 bits per heavy atom. The lowest BCUT2D eigenvalue weighted by Crippen LogP contribution is -2.48. The van der Waals surface area contributed by atoms with Gasteiger partial charge >= 0.3 is 0 Å². The van der Waals surface area contributed by atoms with E-state index in [4.69, 9.17) is 0 Å². The topological polar surface area (TPSA) is 64.9 Å². The highest BCUT2D eigenvalue weighted by molar-refractivity contribution is 5.95. The first-order valence-corrected chi connectivity index (χ1v) is 10.3. The summed E-state index contributed by atoms with van der Waals surface area (Å²) in [6, 6.07) is 10.6. The van der Waals surface area contributed by atoms with E-state index in [9.17, 15) is 9.90 Å². The van der Waals surface area contributed by atoms with Crippen molar-refractivity contribution in [3.63, 3.8) is 0 Å². The van der Waals surface area contributed by atoms with E-state index in [0.717, 1.165) is 30.5 Å². The smallest absolute Gasteiger partial charge is 0.271 e. The number of phenolic OH excluding ortho intramolecular Hbond substituents is 1. The van der Waals surface area contributed by atoms with Gasteiger partial charge in [0.25, 0.3) is 5.91 Å². The Hall–Kier alpha value is -2.82. The average molecular weight is 394 g/mol. The second-order valence-electron chi connectivity index (χ2n) is 8.58. The van der Waals surface area contributed by atoms with Crippen molar-refractivity contribution in [2.24, 2.45) is 5.10 Å². The number of aromatic hydroxyl groups is 1. The summed E-state index contributed by atoms with van der Waals surface area (Å²) in [6.07, 6.45) is 3.94. The van der Waals surface area contributed by atoms with Gasteiger partial charge in [0.1, 0.15) is 5.75 Å². The molecular formula is C24H31N3O2. The average Bonchev–Trinajstić information content (AvgIpc) is 2.66. The number of fused-ring (bicyclic) bond motifs is 1. The molecule has 1 unspecified atom stereocenters. The third kappa shape index (κ3) is 4.44. The molecule has 3 rings (SSSR count). The van der Waals surface area contributed by atoms with Crippen LogP contribution in [-0.4, -0.2) is 29.3 Å². The summed E-state index contributed by atoms with van der Waals surface area (Å²) in [7, 11) is 0. The van der Waals surface area contributed by atoms with Crippen molar-refractivity contribution in [1.29, 1.82) is 0 Å². The van der Waals surface area contributed by atoms with Crippen LogP contribution in [-0.2, 0) is 0 Å². The van der Waals surface area contributed by atoms with E-state index in [1.807, 2.05) is 0 Å². The van der Waals surface area contributed by atoms with Crippen LogP contribution in [0.4, 0.5) is 5.69 Å². The number of phenols is 1. The predicted octanol–water partition coefficient (Wildman–Crippen LogP) is 4.97. The van der Waals surface area contributed by atoms with Crippen LogP contribution in [0.25, 0.3) is 0 Å². The summed E-state index contributed by atoms with van der Waals surface area (Å²) in [6.45, 7) is 12.3. The van der Waals surface area contributed by atoms with Crippen molar-refractivity contribution in [3.8, 4) is 5.75 Å². The van der Waals surface area contributed by atoms with Gasteiger partial charge in [-0.25, -0.2) is 5.43 Å². The first kappa shape index (κ1) is 20.9. The van der Waals surface area contributed by atoms with E-state index in [1.165, 1.54) is 23.4 Å². The number of benzene rings is 2. The number of carbonyl (C=O) groups excluding carboxylic acids is 1. The van der Waals surface area contributed by atoms with Gasteiger partial charge in [-0.1, -0.05) is 13.8 Å². The van der Waals surface area contributed by atoms with Gasteiger partial charge in [-0.3, -0.25) is 4.79 Å². The van der Waals surface area contributed by atoms with Gasteiger partial charge in [-0.15, -0.1) is 0 Å². The Bertz CT molecular complexity index is 916. The van der Waals surface area contributed by atoms with Crippen LogP contribution in [0.3, 0.4) is 0 Å². The molecule has 1 heterocycles. The first-order chi connectivity index (χ1) is 13.7. The van der Waals surface area contributed by atoms with E-state index in [0.29, 0.717) is 11.5 Å². The quantitative estimate of drug-likeness (QED) is 0.557. The minimum atomic E-state index is -0.305. The molecule has 0 radical (unpaired) electrons. The molecule has 0 saturated carbocycles. The molecule has 1 amide bonds. The highest BCUT2D eigenvalue weighted by Crippen LogP contribution is 2.44. The molecule has 2 aromatic carbocycles. The van der Waals surface area contributed by atoms with Crippen molar-refractivity contribution < 1.29 is 9.90 Å². The number of aryl methyl sites for hydroxylation is 1. The predicted molar refractivity (Wildman–Crippen MR) is 119 cm³/mol. The maximum Gasteiger partial charge on any atom is 0.271 e. The summed E-state index contributed by atoms with van der Waals surface area (Å²) in [4.78, 5) is 14.7. The van der Waals surface area contributed by atoms with Crippen molar-refractivity contribution >= 4 is 17.8 Å². The lowest BCUT2D eigenvalue weighted by atomic mass is 9.79. The Morgan fingerprint density at radius 1 is 1.31 bits per heavy atom. The van der Waals surface area contributed by atoms with Gasteiger partial charge in [-0.05, 0) is 92.6 Å². The first-order valence-electron chi connectivity index (χ1n) is 10.3. The fourth-order valence-corrected chi connectivity index (χ4v) is 4.27. The van der Waals surface area contributed by atoms with Crippen molar-refractivity contribution in [2.45, 2.75) is 58.9 Å². The van der Waals surface area contributed by atoms with E-state index >= 15 is 0 Å². The van der Waals surface area contributed by atoms with Gasteiger partial charge < -0.3 is 10.0 Å². The largest absolute Gasteiger partial charge is 0.508 e. The highest BCUT2D eigenvalue weighted by Gasteiger charge is 2.36. The number of nitrogens with one attached hydrogen (secondary N) is 1. The van der Waals surface area contributed by atoms with Crippen molar-refractivity contribution in [1.82, 2.24) is 5.43 Å². The highest BCUT2D eigenvalue weighted by atomic mass is 16.3. The third-order valence-corrected chi connectivity index (χ3v) is 5.72. The molecule has 154 valence electrons. The molecule has 0 aliphatic carbocycles. The Labute approximate surface area is 173 Å². The van der Waals surface area contributed by atoms with Crippen LogP contribution in [0.1, 0.15) is 73.5 Å². The van der Waals surface area contributed by atoms with E-state index < -0.39 is 0 Å². The van der Waals surface area contributed by atoms with E-state index in [-0.39, 0.29) is 17.2 Å². The normalized spacial score (nSPS) is 18.0. The zero-order valence-corrected chi connectivity index (χ0v) is 18.0. The summed E-state index contributed by atoms with van der Waals surface area (Å²) < 4.78 is 0. The zero-order chi connectivity index (χ0) is 21.2. The number of anilines is 1. The second-order valence-corrected chi connectivity index (χ2v) is 8.58. The Kier molecular flexibility index (Phi) is 5.96. The van der Waals surface area contributed by atoms with Gasteiger partial charge in [0.05, 0.1) is 6.21 Å². The summed E-state index contributed by atoms with van der Waals surface area (Å²) in [5, 5.41) is 13.5. The monoisotopic (exact) mass is 393 g/mol. The number of amides is 1. The minimum absolute atomic E-state index is 0.129. The maximum absolute atomic E-state index is 12.2. The molecular weight excluding hydrogens is 362 g/mol. The molecule has 1 aliphatic heterocycles. The molecule has 2 aromatic rings. The van der Waals surface area contributed by atoms with Crippen LogP contribution in [0.2, 0.25) is 0 Å². The molecule has 2 N–H and O–H groups in total.